The molecule has 1 amide bonds. The summed E-state index contributed by atoms with van der Waals surface area (Å²) in [4.78, 5) is 26.7. The Morgan fingerprint density at radius 1 is 1.45 bits per heavy atom. The molecule has 20 heavy (non-hydrogen) atoms. The van der Waals surface area contributed by atoms with Crippen molar-refractivity contribution in [3.05, 3.63) is 35.7 Å². The number of aliphatic carboxylic acids is 1. The maximum atomic E-state index is 12.2. The molecule has 0 aromatic carbocycles. The molecule has 0 bridgehead atoms. The van der Waals surface area contributed by atoms with E-state index in [2.05, 4.69) is 24.1 Å². The first-order chi connectivity index (χ1) is 9.45. The van der Waals surface area contributed by atoms with Gasteiger partial charge < -0.3 is 10.4 Å². The first kappa shape index (κ1) is 15.9. The number of hydrogen-bond acceptors (Lipinski definition) is 3. The Labute approximate surface area is 118 Å². The summed E-state index contributed by atoms with van der Waals surface area (Å²) in [6.07, 6.45) is 6.33. The molecule has 0 saturated heterocycles. The number of nitrogens with one attached hydrogen (secondary N) is 1. The Bertz CT molecular complexity index is 512. The van der Waals surface area contributed by atoms with Crippen LogP contribution < -0.4 is 5.32 Å². The van der Waals surface area contributed by atoms with Crippen LogP contribution in [0.25, 0.3) is 6.08 Å². The molecule has 1 rings (SSSR count). The maximum absolute atomic E-state index is 12.2. The van der Waals surface area contributed by atoms with E-state index in [1.54, 1.807) is 6.07 Å². The standard InChI is InChI=1S/C15H20N2O3/c1-4-10(2)11(3)17-15(20)13-7-8-16-9-12(13)5-6-14(18)19/h5-11H,4H2,1-3H3,(H,17,20)(H,18,19). The van der Waals surface area contributed by atoms with Crippen LogP contribution in [0, 0.1) is 5.92 Å². The molecule has 0 aliphatic carbocycles. The maximum Gasteiger partial charge on any atom is 0.328 e. The molecule has 5 heteroatoms. The highest BCUT2D eigenvalue weighted by Crippen LogP contribution is 2.12. The second-order valence-corrected chi connectivity index (χ2v) is 4.78. The van der Waals surface area contributed by atoms with E-state index >= 15 is 0 Å². The van der Waals surface area contributed by atoms with Crippen molar-refractivity contribution in [3.8, 4) is 0 Å². The monoisotopic (exact) mass is 276 g/mol. The number of amides is 1. The van der Waals surface area contributed by atoms with Crippen molar-refractivity contribution < 1.29 is 14.7 Å². The van der Waals surface area contributed by atoms with Gasteiger partial charge in [0, 0.05) is 35.6 Å². The molecule has 1 aromatic heterocycles. The van der Waals surface area contributed by atoms with Gasteiger partial charge in [0.25, 0.3) is 5.91 Å². The van der Waals surface area contributed by atoms with Crippen molar-refractivity contribution in [3.63, 3.8) is 0 Å². The lowest BCUT2D eigenvalue weighted by Gasteiger charge is -2.20. The summed E-state index contributed by atoms with van der Waals surface area (Å²) in [7, 11) is 0. The number of carboxylic acids is 1. The van der Waals surface area contributed by atoms with Crippen LogP contribution in [0.2, 0.25) is 0 Å². The van der Waals surface area contributed by atoms with Crippen LogP contribution in [-0.4, -0.2) is 28.0 Å². The molecule has 0 aliphatic heterocycles. The molecule has 5 nitrogen and oxygen atoms in total. The van der Waals surface area contributed by atoms with E-state index in [-0.39, 0.29) is 11.9 Å². The number of pyridine rings is 1. The molecule has 2 N–H and O–H groups in total. The number of carboxylic acid groups (broad SMARTS) is 1. The second kappa shape index (κ2) is 7.43. The van der Waals surface area contributed by atoms with Crippen LogP contribution in [0.1, 0.15) is 43.1 Å². The quantitative estimate of drug-likeness (QED) is 0.782. The SMILES string of the molecule is CCC(C)C(C)NC(=O)c1ccncc1C=CC(=O)O. The number of rotatable bonds is 6. The zero-order valence-electron chi connectivity index (χ0n) is 12.0. The Kier molecular flexibility index (Phi) is 5.90. The van der Waals surface area contributed by atoms with E-state index in [1.807, 2.05) is 6.92 Å². The second-order valence-electron chi connectivity index (χ2n) is 4.78. The van der Waals surface area contributed by atoms with Gasteiger partial charge in [-0.25, -0.2) is 4.79 Å². The molecule has 0 saturated carbocycles. The van der Waals surface area contributed by atoms with E-state index in [0.717, 1.165) is 12.5 Å². The summed E-state index contributed by atoms with van der Waals surface area (Å²) >= 11 is 0. The summed E-state index contributed by atoms with van der Waals surface area (Å²) in [6, 6.07) is 1.64. The van der Waals surface area contributed by atoms with Crippen LogP contribution in [0.5, 0.6) is 0 Å². The molecule has 0 radical (unpaired) electrons. The Morgan fingerprint density at radius 3 is 2.75 bits per heavy atom. The normalized spacial score (nSPS) is 13.9. The summed E-state index contributed by atoms with van der Waals surface area (Å²) < 4.78 is 0. The van der Waals surface area contributed by atoms with E-state index in [0.29, 0.717) is 17.0 Å². The number of nitrogens with zero attached hydrogens (tertiary/aromatic N) is 1. The Balaban J connectivity index is 2.90. The lowest BCUT2D eigenvalue weighted by Crippen LogP contribution is -2.37. The number of carbonyl (C=O) groups is 2. The van der Waals surface area contributed by atoms with Crippen molar-refractivity contribution in [2.75, 3.05) is 0 Å². The zero-order valence-corrected chi connectivity index (χ0v) is 12.0. The van der Waals surface area contributed by atoms with Gasteiger partial charge in [-0.05, 0) is 25.0 Å². The fourth-order valence-corrected chi connectivity index (χ4v) is 1.69. The van der Waals surface area contributed by atoms with Crippen LogP contribution in [-0.2, 0) is 4.79 Å². The topological polar surface area (TPSA) is 79.3 Å². The molecule has 0 aliphatic rings. The lowest BCUT2D eigenvalue weighted by atomic mass is 10.00. The molecule has 108 valence electrons. The average molecular weight is 276 g/mol. The number of carbonyl (C=O) groups excluding carboxylic acids is 1. The van der Waals surface area contributed by atoms with Gasteiger partial charge in [-0.3, -0.25) is 9.78 Å². The molecule has 2 atom stereocenters. The van der Waals surface area contributed by atoms with Crippen molar-refractivity contribution in [2.24, 2.45) is 5.92 Å². The molecule has 2 unspecified atom stereocenters. The van der Waals surface area contributed by atoms with Gasteiger partial charge in [0.1, 0.15) is 0 Å². The summed E-state index contributed by atoms with van der Waals surface area (Å²) in [6.45, 7) is 6.10. The average Bonchev–Trinajstić information content (AvgIpc) is 2.44. The highest BCUT2D eigenvalue weighted by Gasteiger charge is 2.16. The summed E-state index contributed by atoms with van der Waals surface area (Å²) in [5.74, 6) is -0.905. The third-order valence-corrected chi connectivity index (χ3v) is 3.36. The van der Waals surface area contributed by atoms with Gasteiger partial charge in [-0.15, -0.1) is 0 Å². The summed E-state index contributed by atoms with van der Waals surface area (Å²) in [5, 5.41) is 11.6. The van der Waals surface area contributed by atoms with Crippen LogP contribution in [0.3, 0.4) is 0 Å². The molecule has 0 fully saturated rings. The van der Waals surface area contributed by atoms with Gasteiger partial charge in [-0.2, -0.15) is 0 Å². The fraction of sp³-hybridized carbons (Fsp3) is 0.400. The largest absolute Gasteiger partial charge is 0.478 e. The smallest absolute Gasteiger partial charge is 0.328 e. The van der Waals surface area contributed by atoms with Crippen molar-refractivity contribution in [1.29, 1.82) is 0 Å². The van der Waals surface area contributed by atoms with Gasteiger partial charge in [0.05, 0.1) is 0 Å². The van der Waals surface area contributed by atoms with E-state index in [9.17, 15) is 9.59 Å². The fourth-order valence-electron chi connectivity index (χ4n) is 1.69. The third kappa shape index (κ3) is 4.50. The van der Waals surface area contributed by atoms with E-state index in [1.165, 1.54) is 18.5 Å². The highest BCUT2D eigenvalue weighted by atomic mass is 16.4. The van der Waals surface area contributed by atoms with E-state index < -0.39 is 5.97 Å². The predicted octanol–water partition coefficient (Wildman–Crippen LogP) is 2.34. The molecule has 0 spiro atoms. The zero-order chi connectivity index (χ0) is 15.1. The van der Waals surface area contributed by atoms with Crippen molar-refractivity contribution >= 4 is 18.0 Å². The Morgan fingerprint density at radius 2 is 2.15 bits per heavy atom. The van der Waals surface area contributed by atoms with Crippen LogP contribution >= 0.6 is 0 Å². The number of hydrogen-bond donors (Lipinski definition) is 2. The van der Waals surface area contributed by atoms with Gasteiger partial charge in [0.2, 0.25) is 0 Å². The Hall–Kier alpha value is -2.17. The number of aromatic nitrogens is 1. The van der Waals surface area contributed by atoms with Crippen LogP contribution in [0.4, 0.5) is 0 Å². The first-order valence-electron chi connectivity index (χ1n) is 6.61. The third-order valence-electron chi connectivity index (χ3n) is 3.36. The van der Waals surface area contributed by atoms with Gasteiger partial charge in [-0.1, -0.05) is 20.3 Å². The molecule has 1 heterocycles. The van der Waals surface area contributed by atoms with E-state index in [4.69, 9.17) is 5.11 Å². The van der Waals surface area contributed by atoms with Crippen LogP contribution in [0.15, 0.2) is 24.5 Å². The molecular formula is C15H20N2O3. The van der Waals surface area contributed by atoms with Crippen molar-refractivity contribution in [2.45, 2.75) is 33.2 Å². The first-order valence-corrected chi connectivity index (χ1v) is 6.61. The summed E-state index contributed by atoms with van der Waals surface area (Å²) in [5.41, 5.74) is 0.913. The minimum Gasteiger partial charge on any atom is -0.478 e. The minimum atomic E-state index is -1.06. The molecule has 1 aromatic rings. The van der Waals surface area contributed by atoms with Gasteiger partial charge >= 0.3 is 5.97 Å². The minimum absolute atomic E-state index is 0.0527. The van der Waals surface area contributed by atoms with Gasteiger partial charge in [0.15, 0.2) is 0 Å². The van der Waals surface area contributed by atoms with Crippen molar-refractivity contribution in [1.82, 2.24) is 10.3 Å². The highest BCUT2D eigenvalue weighted by molar-refractivity contribution is 5.98. The molecular weight excluding hydrogens is 256 g/mol. The predicted molar refractivity (Wildman–Crippen MR) is 77.3 cm³/mol. The lowest BCUT2D eigenvalue weighted by molar-refractivity contribution is -0.131.